The molecule has 21 heavy (non-hydrogen) atoms. The molecule has 116 valence electrons. The van der Waals surface area contributed by atoms with Gasteiger partial charge in [0.15, 0.2) is 0 Å². The molecule has 0 bridgehead atoms. The first-order valence-electron chi connectivity index (χ1n) is 7.71. The van der Waals surface area contributed by atoms with Crippen molar-refractivity contribution in [1.29, 1.82) is 0 Å². The molecule has 1 aliphatic rings. The lowest BCUT2D eigenvalue weighted by Crippen LogP contribution is -2.43. The van der Waals surface area contributed by atoms with Gasteiger partial charge < -0.3 is 15.0 Å². The molecule has 2 heterocycles. The van der Waals surface area contributed by atoms with Gasteiger partial charge in [-0.2, -0.15) is 0 Å². The van der Waals surface area contributed by atoms with Gasteiger partial charge in [0.25, 0.3) is 5.91 Å². The lowest BCUT2D eigenvalue weighted by molar-refractivity contribution is 0.00191. The minimum atomic E-state index is -0.0599. The highest BCUT2D eigenvalue weighted by Gasteiger charge is 2.25. The summed E-state index contributed by atoms with van der Waals surface area (Å²) in [6.45, 7) is 7.03. The molecule has 0 radical (unpaired) electrons. The van der Waals surface area contributed by atoms with Crippen molar-refractivity contribution in [3.05, 3.63) is 18.1 Å². The fourth-order valence-electron chi connectivity index (χ4n) is 2.42. The molecule has 1 atom stereocenters. The van der Waals surface area contributed by atoms with Gasteiger partial charge in [0.1, 0.15) is 11.5 Å². The van der Waals surface area contributed by atoms with Gasteiger partial charge in [-0.05, 0) is 26.2 Å². The van der Waals surface area contributed by atoms with Crippen molar-refractivity contribution in [2.24, 2.45) is 0 Å². The smallest absolute Gasteiger partial charge is 0.274 e. The number of ether oxygens (including phenoxy) is 1. The summed E-state index contributed by atoms with van der Waals surface area (Å²) in [5, 5.41) is 3.06. The van der Waals surface area contributed by atoms with E-state index < -0.39 is 0 Å². The van der Waals surface area contributed by atoms with Gasteiger partial charge in [0.2, 0.25) is 0 Å². The van der Waals surface area contributed by atoms with Crippen molar-refractivity contribution in [2.45, 2.75) is 39.2 Å². The third-order valence-electron chi connectivity index (χ3n) is 3.45. The van der Waals surface area contributed by atoms with Gasteiger partial charge in [-0.25, -0.2) is 9.97 Å². The fraction of sp³-hybridized carbons (Fsp3) is 0.667. The van der Waals surface area contributed by atoms with Crippen molar-refractivity contribution < 1.29 is 9.53 Å². The fourth-order valence-corrected chi connectivity index (χ4v) is 2.42. The van der Waals surface area contributed by atoms with Gasteiger partial charge in [0.05, 0.1) is 18.5 Å². The molecule has 1 fully saturated rings. The van der Waals surface area contributed by atoms with Crippen molar-refractivity contribution >= 4 is 11.7 Å². The largest absolute Gasteiger partial charge is 0.376 e. The molecular formula is C15H24N4O2. The number of amides is 1. The van der Waals surface area contributed by atoms with Crippen LogP contribution in [0.5, 0.6) is 0 Å². The lowest BCUT2D eigenvalue weighted by Gasteiger charge is -2.32. The van der Waals surface area contributed by atoms with Crippen LogP contribution in [0.2, 0.25) is 0 Å². The third-order valence-corrected chi connectivity index (χ3v) is 3.45. The van der Waals surface area contributed by atoms with E-state index in [1.165, 1.54) is 6.20 Å². The Kier molecular flexibility index (Phi) is 5.92. The Hall–Kier alpha value is -1.69. The van der Waals surface area contributed by atoms with Crippen LogP contribution in [-0.4, -0.2) is 53.1 Å². The van der Waals surface area contributed by atoms with Crippen LogP contribution in [0.3, 0.4) is 0 Å². The van der Waals surface area contributed by atoms with E-state index in [1.807, 2.05) is 11.8 Å². The lowest BCUT2D eigenvalue weighted by atomic mass is 10.1. The summed E-state index contributed by atoms with van der Waals surface area (Å²) in [6.07, 6.45) is 6.29. The number of nitrogens with zero attached hydrogens (tertiary/aromatic N) is 3. The van der Waals surface area contributed by atoms with Crippen molar-refractivity contribution in [3.63, 3.8) is 0 Å². The van der Waals surface area contributed by atoms with E-state index in [4.69, 9.17) is 4.74 Å². The number of carbonyl (C=O) groups excluding carboxylic acids is 1. The van der Waals surface area contributed by atoms with Crippen LogP contribution in [0.25, 0.3) is 0 Å². The Balaban J connectivity index is 1.95. The predicted octanol–water partition coefficient (Wildman–Crippen LogP) is 1.94. The second kappa shape index (κ2) is 7.93. The predicted molar refractivity (Wildman–Crippen MR) is 81.4 cm³/mol. The highest BCUT2D eigenvalue weighted by Crippen LogP contribution is 2.15. The Bertz CT molecular complexity index is 449. The summed E-state index contributed by atoms with van der Waals surface area (Å²) in [6, 6.07) is 0. The molecule has 1 saturated heterocycles. The number of hydrogen-bond acceptors (Lipinski definition) is 5. The molecule has 1 aromatic heterocycles. The first kappa shape index (κ1) is 15.7. The summed E-state index contributed by atoms with van der Waals surface area (Å²) in [4.78, 5) is 22.7. The number of hydrogen-bond donors (Lipinski definition) is 1. The maximum Gasteiger partial charge on any atom is 0.274 e. The van der Waals surface area contributed by atoms with Gasteiger partial charge in [0, 0.05) is 26.2 Å². The first-order valence-corrected chi connectivity index (χ1v) is 7.71. The molecule has 2 rings (SSSR count). The van der Waals surface area contributed by atoms with Crippen LogP contribution in [0.15, 0.2) is 12.4 Å². The molecule has 0 saturated carbocycles. The van der Waals surface area contributed by atoms with Crippen molar-refractivity contribution in [2.75, 3.05) is 31.6 Å². The molecule has 1 aliphatic heterocycles. The van der Waals surface area contributed by atoms with Crippen LogP contribution >= 0.6 is 0 Å². The average molecular weight is 292 g/mol. The Labute approximate surface area is 125 Å². The van der Waals surface area contributed by atoms with Crippen LogP contribution in [0, 0.1) is 0 Å². The number of piperidine rings is 1. The highest BCUT2D eigenvalue weighted by molar-refractivity contribution is 5.92. The molecular weight excluding hydrogens is 268 g/mol. The Morgan fingerprint density at radius 2 is 2.29 bits per heavy atom. The van der Waals surface area contributed by atoms with Gasteiger partial charge in [-0.1, -0.05) is 6.92 Å². The number of carbonyl (C=O) groups is 1. The molecule has 1 N–H and O–H groups in total. The zero-order valence-corrected chi connectivity index (χ0v) is 12.8. The van der Waals surface area contributed by atoms with E-state index in [2.05, 4.69) is 22.2 Å². The SMILES string of the molecule is CCCOC1CCCN(C(=O)c2cnc(NCC)cn2)C1. The molecule has 6 nitrogen and oxygen atoms in total. The van der Waals surface area contributed by atoms with Crippen LogP contribution in [0.4, 0.5) is 5.82 Å². The van der Waals surface area contributed by atoms with E-state index in [9.17, 15) is 4.79 Å². The van der Waals surface area contributed by atoms with E-state index in [0.717, 1.165) is 39.0 Å². The van der Waals surface area contributed by atoms with Gasteiger partial charge in [-0.15, -0.1) is 0 Å². The highest BCUT2D eigenvalue weighted by atomic mass is 16.5. The molecule has 0 aromatic carbocycles. The zero-order chi connectivity index (χ0) is 15.1. The zero-order valence-electron chi connectivity index (χ0n) is 12.8. The minimum Gasteiger partial charge on any atom is -0.376 e. The van der Waals surface area contributed by atoms with Gasteiger partial charge in [-0.3, -0.25) is 4.79 Å². The van der Waals surface area contributed by atoms with Gasteiger partial charge >= 0.3 is 0 Å². The number of anilines is 1. The number of aromatic nitrogens is 2. The summed E-state index contributed by atoms with van der Waals surface area (Å²) in [5.74, 6) is 0.632. The molecule has 6 heteroatoms. The summed E-state index contributed by atoms with van der Waals surface area (Å²) in [5.41, 5.74) is 0.396. The maximum atomic E-state index is 12.4. The minimum absolute atomic E-state index is 0.0599. The number of likely N-dealkylation sites (tertiary alicyclic amines) is 1. The third kappa shape index (κ3) is 4.39. The molecule has 1 unspecified atom stereocenters. The molecule has 1 aromatic rings. The molecule has 0 spiro atoms. The number of rotatable bonds is 6. The van der Waals surface area contributed by atoms with Crippen LogP contribution in [0.1, 0.15) is 43.6 Å². The number of nitrogens with one attached hydrogen (secondary N) is 1. The normalized spacial score (nSPS) is 18.6. The monoisotopic (exact) mass is 292 g/mol. The van der Waals surface area contributed by atoms with Crippen molar-refractivity contribution in [1.82, 2.24) is 14.9 Å². The molecule has 1 amide bonds. The van der Waals surface area contributed by atoms with Crippen LogP contribution < -0.4 is 5.32 Å². The van der Waals surface area contributed by atoms with E-state index in [-0.39, 0.29) is 12.0 Å². The summed E-state index contributed by atoms with van der Waals surface area (Å²) < 4.78 is 5.76. The maximum absolute atomic E-state index is 12.4. The second-order valence-electron chi connectivity index (χ2n) is 5.20. The van der Waals surface area contributed by atoms with Crippen LogP contribution in [-0.2, 0) is 4.74 Å². The second-order valence-corrected chi connectivity index (χ2v) is 5.20. The van der Waals surface area contributed by atoms with E-state index >= 15 is 0 Å². The quantitative estimate of drug-likeness (QED) is 0.868. The molecule has 0 aliphatic carbocycles. The first-order chi connectivity index (χ1) is 10.2. The van der Waals surface area contributed by atoms with E-state index in [1.54, 1.807) is 6.20 Å². The summed E-state index contributed by atoms with van der Waals surface area (Å²) in [7, 11) is 0. The Morgan fingerprint density at radius 1 is 1.43 bits per heavy atom. The Morgan fingerprint density at radius 3 is 2.95 bits per heavy atom. The van der Waals surface area contributed by atoms with E-state index in [0.29, 0.717) is 18.1 Å². The summed E-state index contributed by atoms with van der Waals surface area (Å²) >= 11 is 0. The van der Waals surface area contributed by atoms with Crippen molar-refractivity contribution in [3.8, 4) is 0 Å². The standard InChI is InChI=1S/C15H24N4O2/c1-3-8-21-12-6-5-7-19(11-12)15(20)13-9-18-14(10-17-13)16-4-2/h9-10,12H,3-8,11H2,1-2H3,(H,16,18). The average Bonchev–Trinajstić information content (AvgIpc) is 2.53. The topological polar surface area (TPSA) is 67.3 Å².